The summed E-state index contributed by atoms with van der Waals surface area (Å²) in [7, 11) is 3.68. The largest absolute Gasteiger partial charge is 0.478 e. The van der Waals surface area contributed by atoms with E-state index in [1.165, 1.54) is 12.1 Å². The van der Waals surface area contributed by atoms with Gasteiger partial charge in [-0.15, -0.1) is 0 Å². The first-order chi connectivity index (χ1) is 19.7. The number of fused-ring (bicyclic) bond motifs is 2. The Balaban J connectivity index is 1.66. The van der Waals surface area contributed by atoms with Crippen LogP contribution in [0.25, 0.3) is 0 Å². The maximum absolute atomic E-state index is 13.8. The molecule has 0 spiro atoms. The van der Waals surface area contributed by atoms with Crippen molar-refractivity contribution >= 4 is 40.7 Å². The zero-order valence-electron chi connectivity index (χ0n) is 24.1. The number of carboxylic acids is 2. The van der Waals surface area contributed by atoms with Gasteiger partial charge in [0.2, 0.25) is 5.69 Å². The number of benzene rings is 2. The number of nitriles is 1. The van der Waals surface area contributed by atoms with Crippen LogP contribution in [-0.2, 0) is 15.6 Å². The van der Waals surface area contributed by atoms with E-state index >= 15 is 0 Å². The quantitative estimate of drug-likeness (QED) is 0.204. The lowest BCUT2D eigenvalue weighted by Crippen LogP contribution is -2.31. The molecule has 0 saturated carbocycles. The first kappa shape index (κ1) is 28.2. The highest BCUT2D eigenvalue weighted by Crippen LogP contribution is 2.49. The van der Waals surface area contributed by atoms with Gasteiger partial charge in [-0.25, -0.2) is 9.59 Å². The molecule has 0 aromatic heterocycles. The Morgan fingerprint density at radius 1 is 0.976 bits per heavy atom. The highest BCUT2D eigenvalue weighted by atomic mass is 16.4. The molecule has 42 heavy (non-hydrogen) atoms. The molecule has 2 aromatic carbocycles. The van der Waals surface area contributed by atoms with E-state index in [1.807, 2.05) is 57.3 Å². The molecule has 2 aliphatic heterocycles. The van der Waals surface area contributed by atoms with E-state index in [2.05, 4.69) is 5.87 Å². The first-order valence-electron chi connectivity index (χ1n) is 13.2. The minimum Gasteiger partial charge on any atom is -0.478 e. The van der Waals surface area contributed by atoms with Crippen LogP contribution in [0.5, 0.6) is 0 Å². The Morgan fingerprint density at radius 2 is 1.57 bits per heavy atom. The minimum absolute atomic E-state index is 0.0819. The van der Waals surface area contributed by atoms with Crippen LogP contribution < -0.4 is 4.90 Å². The van der Waals surface area contributed by atoms with Crippen molar-refractivity contribution in [2.24, 2.45) is 0 Å². The second-order valence-corrected chi connectivity index (χ2v) is 11.6. The van der Waals surface area contributed by atoms with E-state index in [0.717, 1.165) is 33.9 Å². The first-order valence-corrected chi connectivity index (χ1v) is 13.2. The van der Waals surface area contributed by atoms with Gasteiger partial charge in [-0.1, -0.05) is 13.8 Å². The number of nitrogens with one attached hydrogen (secondary N) is 1. The normalized spacial score (nSPS) is 19.8. The number of rotatable bonds is 5. The molecule has 0 unspecified atom stereocenters. The van der Waals surface area contributed by atoms with E-state index in [-0.39, 0.29) is 33.6 Å². The number of nitrogens with zero attached hydrogens (tertiary/aromatic N) is 3. The van der Waals surface area contributed by atoms with Crippen molar-refractivity contribution in [2.45, 2.75) is 38.5 Å². The molecular weight excluding hydrogens is 532 g/mol. The van der Waals surface area contributed by atoms with Crippen molar-refractivity contribution in [3.8, 4) is 6.07 Å². The number of hydrogen-bond acceptors (Lipinski definition) is 6. The number of carbonyl (C=O) groups excluding carboxylic acids is 1. The van der Waals surface area contributed by atoms with Crippen molar-refractivity contribution in [1.82, 2.24) is 0 Å². The SMILES string of the molecule is CN1/C(=C\C2=C(C(=C=N)C#N)C(=C/C3=[N+](C)c4ccc(C(=O)O)cc4C3(C)C)/C2=O)C(C)(C)c2cc(C(=O)O)ccc21. The molecule has 0 atom stereocenters. The third kappa shape index (κ3) is 3.88. The summed E-state index contributed by atoms with van der Waals surface area (Å²) in [5.74, 6) is -0.183. The smallest absolute Gasteiger partial charge is 0.335 e. The van der Waals surface area contributed by atoms with Crippen LogP contribution in [0.15, 0.2) is 76.5 Å². The van der Waals surface area contributed by atoms with Gasteiger partial charge in [-0.05, 0) is 61.7 Å². The molecule has 3 N–H and O–H groups in total. The number of aromatic carboxylic acids is 2. The number of anilines is 1. The lowest BCUT2D eigenvalue weighted by atomic mass is 9.73. The van der Waals surface area contributed by atoms with Crippen LogP contribution in [0.3, 0.4) is 0 Å². The van der Waals surface area contributed by atoms with Crippen LogP contribution in [0.4, 0.5) is 11.4 Å². The summed E-state index contributed by atoms with van der Waals surface area (Å²) >= 11 is 0. The van der Waals surface area contributed by atoms with Gasteiger partial charge < -0.3 is 15.1 Å². The molecule has 9 heteroatoms. The maximum Gasteiger partial charge on any atom is 0.335 e. The van der Waals surface area contributed by atoms with Gasteiger partial charge in [0.15, 0.2) is 11.5 Å². The number of carbonyl (C=O) groups is 3. The lowest BCUT2D eigenvalue weighted by Gasteiger charge is -2.28. The average Bonchev–Trinajstić information content (AvgIpc) is 3.26. The summed E-state index contributed by atoms with van der Waals surface area (Å²) in [5.41, 5.74) is 4.49. The standard InChI is InChI=1S/C33H28N4O5/c1-32(2)22-11-17(30(39)40)7-9-24(22)36(5)26(32)13-20-28(19(15-34)16-35)21(29(20)38)14-27-33(3,4)23-12-18(31(41)42)8-10-25(23)37(27)6/h7-14,34H,1-6H3,(H-,39,40,41,42)/p+1. The molecule has 0 bridgehead atoms. The van der Waals surface area contributed by atoms with E-state index in [4.69, 9.17) is 5.41 Å². The fraction of sp³-hybridized carbons (Fsp3) is 0.242. The van der Waals surface area contributed by atoms with Crippen LogP contribution in [0.1, 0.15) is 59.5 Å². The summed E-state index contributed by atoms with van der Waals surface area (Å²) in [4.78, 5) is 38.9. The van der Waals surface area contributed by atoms with Crippen LogP contribution in [-0.4, -0.2) is 58.2 Å². The summed E-state index contributed by atoms with van der Waals surface area (Å²) in [5, 5.41) is 36.7. The Morgan fingerprint density at radius 3 is 2.14 bits per heavy atom. The maximum atomic E-state index is 13.8. The van der Waals surface area contributed by atoms with E-state index < -0.39 is 22.8 Å². The molecule has 3 aliphatic rings. The predicted molar refractivity (Wildman–Crippen MR) is 157 cm³/mol. The van der Waals surface area contributed by atoms with E-state index in [1.54, 1.807) is 36.4 Å². The minimum atomic E-state index is -1.03. The highest BCUT2D eigenvalue weighted by molar-refractivity contribution is 6.27. The number of ketones is 1. The van der Waals surface area contributed by atoms with Gasteiger partial charge in [0.25, 0.3) is 0 Å². The third-order valence-electron chi connectivity index (χ3n) is 8.64. The molecule has 5 rings (SSSR count). The van der Waals surface area contributed by atoms with Crippen molar-refractivity contribution in [2.75, 3.05) is 19.0 Å². The highest BCUT2D eigenvalue weighted by Gasteiger charge is 2.47. The number of allylic oxidation sites excluding steroid dienone is 7. The van der Waals surface area contributed by atoms with Crippen molar-refractivity contribution in [3.05, 3.63) is 98.8 Å². The van der Waals surface area contributed by atoms with Gasteiger partial charge >= 0.3 is 11.9 Å². The Hall–Kier alpha value is -5.32. The molecule has 0 saturated heterocycles. The van der Waals surface area contributed by atoms with Crippen LogP contribution in [0, 0.1) is 16.7 Å². The molecule has 2 aromatic rings. The molecule has 0 radical (unpaired) electrons. The number of hydrogen-bond donors (Lipinski definition) is 3. The molecular formula is C33H29N4O5+. The van der Waals surface area contributed by atoms with Gasteiger partial charge in [-0.3, -0.25) is 10.2 Å². The number of carboxylic acid groups (broad SMARTS) is 2. The Bertz CT molecular complexity index is 1890. The predicted octanol–water partition coefficient (Wildman–Crippen LogP) is 4.90. The summed E-state index contributed by atoms with van der Waals surface area (Å²) < 4.78 is 1.90. The summed E-state index contributed by atoms with van der Waals surface area (Å²) in [6.07, 6.45) is 3.43. The molecule has 2 heterocycles. The second kappa shape index (κ2) is 9.37. The monoisotopic (exact) mass is 561 g/mol. The zero-order chi connectivity index (χ0) is 30.9. The lowest BCUT2D eigenvalue weighted by molar-refractivity contribution is -0.401. The van der Waals surface area contributed by atoms with Crippen LogP contribution >= 0.6 is 0 Å². The molecule has 1 aliphatic carbocycles. The van der Waals surface area contributed by atoms with E-state index in [9.17, 15) is 29.9 Å². The van der Waals surface area contributed by atoms with Gasteiger partial charge in [-0.2, -0.15) is 9.84 Å². The van der Waals surface area contributed by atoms with Crippen molar-refractivity contribution in [3.63, 3.8) is 0 Å². The summed E-state index contributed by atoms with van der Waals surface area (Å²) in [6.45, 7) is 7.77. The van der Waals surface area contributed by atoms with Gasteiger partial charge in [0.05, 0.1) is 16.5 Å². The number of Topliss-reactive ketones (excluding diaryl/α,β-unsaturated/α-hetero) is 1. The molecule has 0 fully saturated rings. The van der Waals surface area contributed by atoms with Gasteiger partial charge in [0.1, 0.15) is 18.7 Å². The Kier molecular flexibility index (Phi) is 6.29. The van der Waals surface area contributed by atoms with Crippen molar-refractivity contribution in [1.29, 1.82) is 10.7 Å². The fourth-order valence-electron chi connectivity index (χ4n) is 6.27. The zero-order valence-corrected chi connectivity index (χ0v) is 24.1. The Labute approximate surface area is 242 Å². The molecule has 210 valence electrons. The van der Waals surface area contributed by atoms with Crippen LogP contribution in [0.2, 0.25) is 0 Å². The average molecular weight is 562 g/mol. The summed E-state index contributed by atoms with van der Waals surface area (Å²) in [6, 6.07) is 11.8. The van der Waals surface area contributed by atoms with E-state index in [0.29, 0.717) is 5.57 Å². The van der Waals surface area contributed by atoms with Crippen molar-refractivity contribution < 1.29 is 29.2 Å². The topological polar surface area (TPSA) is 146 Å². The number of likely N-dealkylation sites (N-methyl/N-ethyl adjacent to an activating group) is 1. The molecule has 0 amide bonds. The third-order valence-corrected chi connectivity index (χ3v) is 8.64. The second-order valence-electron chi connectivity index (χ2n) is 11.6. The van der Waals surface area contributed by atoms with Gasteiger partial charge in [0, 0.05) is 58.3 Å². The molecule has 9 nitrogen and oxygen atoms in total. The fourth-order valence-corrected chi connectivity index (χ4v) is 6.27.